The van der Waals surface area contributed by atoms with Crippen molar-refractivity contribution in [2.75, 3.05) is 37.8 Å². The van der Waals surface area contributed by atoms with Gasteiger partial charge in [-0.3, -0.25) is 9.59 Å². The van der Waals surface area contributed by atoms with Crippen LogP contribution in [0.1, 0.15) is 19.3 Å². The summed E-state index contributed by atoms with van der Waals surface area (Å²) < 4.78 is 11.3. The standard InChI is InChI=1S/C13H20N2O4S/c16-11-1-8-20-9-10(14-11)12(17)15-4-2-13(3-5-15)18-6-7-19-13/h10H,1-9H2,(H,14,16)/t10-/m1/s1. The van der Waals surface area contributed by atoms with Crippen molar-refractivity contribution in [3.05, 3.63) is 0 Å². The summed E-state index contributed by atoms with van der Waals surface area (Å²) in [4.78, 5) is 25.8. The zero-order chi connectivity index (χ0) is 14.0. The Hall–Kier alpha value is -0.790. The molecule has 6 nitrogen and oxygen atoms in total. The van der Waals surface area contributed by atoms with Crippen LogP contribution in [0.3, 0.4) is 0 Å². The van der Waals surface area contributed by atoms with Crippen LogP contribution in [0.4, 0.5) is 0 Å². The molecule has 1 spiro atoms. The molecule has 3 saturated heterocycles. The van der Waals surface area contributed by atoms with Crippen molar-refractivity contribution >= 4 is 23.6 Å². The molecule has 1 N–H and O–H groups in total. The highest BCUT2D eigenvalue weighted by atomic mass is 32.2. The van der Waals surface area contributed by atoms with Crippen LogP contribution in [0, 0.1) is 0 Å². The molecule has 0 aliphatic carbocycles. The second-order valence-corrected chi connectivity index (χ2v) is 6.53. The Balaban J connectivity index is 1.56. The predicted octanol–water partition coefficient (Wildman–Crippen LogP) is -0.0264. The average molecular weight is 300 g/mol. The van der Waals surface area contributed by atoms with E-state index >= 15 is 0 Å². The monoisotopic (exact) mass is 300 g/mol. The highest BCUT2D eigenvalue weighted by molar-refractivity contribution is 7.99. The fourth-order valence-electron chi connectivity index (χ4n) is 2.88. The van der Waals surface area contributed by atoms with E-state index < -0.39 is 5.79 Å². The van der Waals surface area contributed by atoms with Crippen molar-refractivity contribution in [1.29, 1.82) is 0 Å². The van der Waals surface area contributed by atoms with E-state index in [-0.39, 0.29) is 17.9 Å². The van der Waals surface area contributed by atoms with Gasteiger partial charge in [0.1, 0.15) is 6.04 Å². The van der Waals surface area contributed by atoms with Gasteiger partial charge in [0.2, 0.25) is 11.8 Å². The highest BCUT2D eigenvalue weighted by Crippen LogP contribution is 2.31. The minimum absolute atomic E-state index is 0.0238. The van der Waals surface area contributed by atoms with Crippen LogP contribution in [0.25, 0.3) is 0 Å². The van der Waals surface area contributed by atoms with Crippen LogP contribution in [-0.2, 0) is 19.1 Å². The first-order chi connectivity index (χ1) is 9.69. The summed E-state index contributed by atoms with van der Waals surface area (Å²) in [6.45, 7) is 2.55. The molecule has 0 saturated carbocycles. The molecule has 3 fully saturated rings. The SMILES string of the molecule is O=C1CCSC[C@H](C(=O)N2CCC3(CC2)OCCO3)N1. The molecule has 3 aliphatic heterocycles. The van der Waals surface area contributed by atoms with E-state index in [1.807, 2.05) is 4.90 Å². The van der Waals surface area contributed by atoms with E-state index in [1.54, 1.807) is 11.8 Å². The zero-order valence-corrected chi connectivity index (χ0v) is 12.2. The zero-order valence-electron chi connectivity index (χ0n) is 11.4. The third-order valence-corrected chi connectivity index (χ3v) is 5.10. The first kappa shape index (κ1) is 14.2. The molecule has 20 heavy (non-hydrogen) atoms. The number of hydrogen-bond acceptors (Lipinski definition) is 5. The van der Waals surface area contributed by atoms with Gasteiger partial charge in [-0.25, -0.2) is 0 Å². The highest BCUT2D eigenvalue weighted by Gasteiger charge is 2.41. The Morgan fingerprint density at radius 1 is 1.30 bits per heavy atom. The molecule has 3 heterocycles. The second-order valence-electron chi connectivity index (χ2n) is 5.38. The smallest absolute Gasteiger partial charge is 0.246 e. The molecular formula is C13H20N2O4S. The maximum atomic E-state index is 12.5. The maximum absolute atomic E-state index is 12.5. The van der Waals surface area contributed by atoms with E-state index in [0.717, 1.165) is 5.75 Å². The van der Waals surface area contributed by atoms with E-state index in [1.165, 1.54) is 0 Å². The number of hydrogen-bond donors (Lipinski definition) is 1. The summed E-state index contributed by atoms with van der Waals surface area (Å²) in [6, 6.07) is -0.380. The maximum Gasteiger partial charge on any atom is 0.246 e. The molecule has 112 valence electrons. The van der Waals surface area contributed by atoms with E-state index in [2.05, 4.69) is 5.32 Å². The van der Waals surface area contributed by atoms with Crippen molar-refractivity contribution in [3.8, 4) is 0 Å². The summed E-state index contributed by atoms with van der Waals surface area (Å²) >= 11 is 1.66. The number of nitrogens with zero attached hydrogens (tertiary/aromatic N) is 1. The molecular weight excluding hydrogens is 280 g/mol. The van der Waals surface area contributed by atoms with Crippen molar-refractivity contribution in [1.82, 2.24) is 10.2 Å². The van der Waals surface area contributed by atoms with Crippen molar-refractivity contribution < 1.29 is 19.1 Å². The minimum Gasteiger partial charge on any atom is -0.347 e. The summed E-state index contributed by atoms with van der Waals surface area (Å²) in [5.41, 5.74) is 0. The quantitative estimate of drug-likeness (QED) is 0.737. The lowest BCUT2D eigenvalue weighted by atomic mass is 10.0. The number of amides is 2. The Morgan fingerprint density at radius 2 is 2.00 bits per heavy atom. The van der Waals surface area contributed by atoms with Gasteiger partial charge in [-0.15, -0.1) is 0 Å². The molecule has 3 aliphatic rings. The van der Waals surface area contributed by atoms with Crippen LogP contribution < -0.4 is 5.32 Å². The lowest BCUT2D eigenvalue weighted by molar-refractivity contribution is -0.187. The summed E-state index contributed by atoms with van der Waals surface area (Å²) in [6.07, 6.45) is 1.93. The van der Waals surface area contributed by atoms with Gasteiger partial charge in [0.25, 0.3) is 0 Å². The summed E-state index contributed by atoms with van der Waals surface area (Å²) in [5.74, 6) is 1.00. The number of carbonyl (C=O) groups is 2. The molecule has 0 aromatic carbocycles. The molecule has 1 atom stereocenters. The summed E-state index contributed by atoms with van der Waals surface area (Å²) in [5, 5.41) is 2.82. The third kappa shape index (κ3) is 2.94. The third-order valence-electron chi connectivity index (χ3n) is 4.04. The van der Waals surface area contributed by atoms with Crippen LogP contribution in [0.5, 0.6) is 0 Å². The van der Waals surface area contributed by atoms with Crippen LogP contribution in [0.2, 0.25) is 0 Å². The lowest BCUT2D eigenvalue weighted by Gasteiger charge is -2.38. The largest absolute Gasteiger partial charge is 0.347 e. The molecule has 3 rings (SSSR count). The normalized spacial score (nSPS) is 30.1. The van der Waals surface area contributed by atoms with E-state index in [0.29, 0.717) is 51.3 Å². The van der Waals surface area contributed by atoms with Crippen LogP contribution in [-0.4, -0.2) is 66.4 Å². The van der Waals surface area contributed by atoms with Gasteiger partial charge in [-0.05, 0) is 0 Å². The number of nitrogens with one attached hydrogen (secondary N) is 1. The molecule has 0 radical (unpaired) electrons. The Morgan fingerprint density at radius 3 is 2.70 bits per heavy atom. The van der Waals surface area contributed by atoms with Gasteiger partial charge in [0.05, 0.1) is 13.2 Å². The number of rotatable bonds is 1. The van der Waals surface area contributed by atoms with Crippen molar-refractivity contribution in [2.24, 2.45) is 0 Å². The van der Waals surface area contributed by atoms with Gasteiger partial charge in [0.15, 0.2) is 5.79 Å². The first-order valence-electron chi connectivity index (χ1n) is 7.12. The second kappa shape index (κ2) is 5.91. The average Bonchev–Trinajstić information content (AvgIpc) is 2.79. The topological polar surface area (TPSA) is 67.9 Å². The van der Waals surface area contributed by atoms with Crippen molar-refractivity contribution in [2.45, 2.75) is 31.1 Å². The van der Waals surface area contributed by atoms with E-state index in [4.69, 9.17) is 9.47 Å². The van der Waals surface area contributed by atoms with Gasteiger partial charge in [0, 0.05) is 43.9 Å². The predicted molar refractivity (Wildman–Crippen MR) is 74.3 cm³/mol. The minimum atomic E-state index is -0.460. The molecule has 2 amide bonds. The molecule has 0 aromatic heterocycles. The number of piperidine rings is 1. The summed E-state index contributed by atoms with van der Waals surface area (Å²) in [7, 11) is 0. The Bertz CT molecular complexity index is 388. The Labute approximate surface area is 122 Å². The van der Waals surface area contributed by atoms with Crippen LogP contribution in [0.15, 0.2) is 0 Å². The fourth-order valence-corrected chi connectivity index (χ4v) is 3.84. The molecule has 7 heteroatoms. The van der Waals surface area contributed by atoms with E-state index in [9.17, 15) is 9.59 Å². The lowest BCUT2D eigenvalue weighted by Crippen LogP contribution is -2.54. The first-order valence-corrected chi connectivity index (χ1v) is 8.28. The van der Waals surface area contributed by atoms with Gasteiger partial charge >= 0.3 is 0 Å². The van der Waals surface area contributed by atoms with Gasteiger partial charge in [-0.1, -0.05) is 0 Å². The number of likely N-dealkylation sites (tertiary alicyclic amines) is 1. The van der Waals surface area contributed by atoms with Crippen molar-refractivity contribution in [3.63, 3.8) is 0 Å². The number of ether oxygens (including phenoxy) is 2. The number of carbonyl (C=O) groups excluding carboxylic acids is 2. The van der Waals surface area contributed by atoms with Gasteiger partial charge in [-0.2, -0.15) is 11.8 Å². The van der Waals surface area contributed by atoms with Gasteiger partial charge < -0.3 is 19.7 Å². The fraction of sp³-hybridized carbons (Fsp3) is 0.846. The molecule has 0 aromatic rings. The molecule has 0 unspecified atom stereocenters. The van der Waals surface area contributed by atoms with Crippen LogP contribution >= 0.6 is 11.8 Å². The Kier molecular flexibility index (Phi) is 4.18. The number of thioether (sulfide) groups is 1. The molecule has 0 bridgehead atoms.